The molecule has 4 rings (SSSR count). The molecule has 6 heteroatoms. The molecule has 1 amide bonds. The lowest BCUT2D eigenvalue weighted by atomic mass is 10.1. The zero-order valence-electron chi connectivity index (χ0n) is 17.3. The number of methoxy groups -OCH3 is 1. The van der Waals surface area contributed by atoms with Gasteiger partial charge in [0, 0.05) is 22.5 Å². The number of aryl methyl sites for hydroxylation is 1. The van der Waals surface area contributed by atoms with Crippen molar-refractivity contribution in [3.8, 4) is 17.0 Å². The number of amides is 1. The first kappa shape index (κ1) is 20.1. The van der Waals surface area contributed by atoms with Gasteiger partial charge in [-0.1, -0.05) is 35.9 Å². The van der Waals surface area contributed by atoms with Crippen LogP contribution in [0, 0.1) is 6.92 Å². The van der Waals surface area contributed by atoms with Gasteiger partial charge in [-0.3, -0.25) is 4.79 Å². The van der Waals surface area contributed by atoms with Crippen molar-refractivity contribution in [2.24, 2.45) is 0 Å². The van der Waals surface area contributed by atoms with Crippen LogP contribution in [-0.4, -0.2) is 23.2 Å². The molecule has 0 unspecified atom stereocenters. The first-order valence-electron chi connectivity index (χ1n) is 9.84. The molecule has 0 bridgehead atoms. The summed E-state index contributed by atoms with van der Waals surface area (Å²) in [6, 6.07) is 26.3. The van der Waals surface area contributed by atoms with E-state index in [0.717, 1.165) is 22.7 Å². The minimum Gasteiger partial charge on any atom is -0.497 e. The third-order valence-corrected chi connectivity index (χ3v) is 4.76. The Morgan fingerprint density at radius 2 is 1.61 bits per heavy atom. The van der Waals surface area contributed by atoms with Gasteiger partial charge in [0.2, 0.25) is 0 Å². The summed E-state index contributed by atoms with van der Waals surface area (Å²) in [6.45, 7) is 2.05. The molecule has 4 aromatic rings. The molecule has 0 spiro atoms. The molecule has 1 aromatic heterocycles. The first-order valence-corrected chi connectivity index (χ1v) is 9.84. The molecule has 0 aliphatic rings. The van der Waals surface area contributed by atoms with Crippen LogP contribution < -0.4 is 15.4 Å². The summed E-state index contributed by atoms with van der Waals surface area (Å²) in [6.07, 6.45) is 0. The molecule has 0 atom stereocenters. The van der Waals surface area contributed by atoms with Crippen LogP contribution in [0.3, 0.4) is 0 Å². The van der Waals surface area contributed by atoms with Crippen LogP contribution in [0.25, 0.3) is 11.3 Å². The monoisotopic (exact) mass is 410 g/mol. The van der Waals surface area contributed by atoms with Crippen LogP contribution in [0.15, 0.2) is 84.9 Å². The second-order valence-corrected chi connectivity index (χ2v) is 7.06. The zero-order valence-corrected chi connectivity index (χ0v) is 17.3. The van der Waals surface area contributed by atoms with E-state index in [1.807, 2.05) is 55.5 Å². The van der Waals surface area contributed by atoms with Gasteiger partial charge in [-0.15, -0.1) is 10.2 Å². The Morgan fingerprint density at radius 3 is 2.29 bits per heavy atom. The Balaban J connectivity index is 1.44. The van der Waals surface area contributed by atoms with Gasteiger partial charge in [-0.25, -0.2) is 0 Å². The summed E-state index contributed by atoms with van der Waals surface area (Å²) >= 11 is 0. The number of hydrogen-bond donors (Lipinski definition) is 2. The number of nitrogens with one attached hydrogen (secondary N) is 2. The van der Waals surface area contributed by atoms with Gasteiger partial charge in [0.25, 0.3) is 5.91 Å². The third-order valence-electron chi connectivity index (χ3n) is 4.76. The predicted molar refractivity (Wildman–Crippen MR) is 123 cm³/mol. The van der Waals surface area contributed by atoms with E-state index in [9.17, 15) is 4.79 Å². The fourth-order valence-corrected chi connectivity index (χ4v) is 3.04. The molecule has 154 valence electrons. The van der Waals surface area contributed by atoms with Crippen molar-refractivity contribution < 1.29 is 9.53 Å². The van der Waals surface area contributed by atoms with Crippen molar-refractivity contribution in [2.75, 3.05) is 17.7 Å². The number of benzene rings is 3. The Labute approximate surface area is 180 Å². The number of carbonyl (C=O) groups is 1. The highest BCUT2D eigenvalue weighted by atomic mass is 16.5. The van der Waals surface area contributed by atoms with Crippen molar-refractivity contribution in [1.82, 2.24) is 10.2 Å². The van der Waals surface area contributed by atoms with Crippen LogP contribution in [0.1, 0.15) is 15.9 Å². The lowest BCUT2D eigenvalue weighted by Gasteiger charge is -2.09. The van der Waals surface area contributed by atoms with Crippen LogP contribution in [0.4, 0.5) is 17.2 Å². The van der Waals surface area contributed by atoms with Gasteiger partial charge in [-0.2, -0.15) is 0 Å². The SMILES string of the molecule is COc1ccc(NC(=O)c2cccc(Nc3ccc(-c4ccc(C)cc4)nn3)c2)cc1. The van der Waals surface area contributed by atoms with Gasteiger partial charge in [0.1, 0.15) is 5.75 Å². The molecule has 0 radical (unpaired) electrons. The molecule has 0 aliphatic carbocycles. The van der Waals surface area contributed by atoms with E-state index in [2.05, 4.69) is 20.8 Å². The van der Waals surface area contributed by atoms with Crippen molar-refractivity contribution >= 4 is 23.1 Å². The summed E-state index contributed by atoms with van der Waals surface area (Å²) in [4.78, 5) is 12.6. The van der Waals surface area contributed by atoms with E-state index >= 15 is 0 Å². The highest BCUT2D eigenvalue weighted by Crippen LogP contribution is 2.21. The molecule has 0 saturated heterocycles. The largest absolute Gasteiger partial charge is 0.497 e. The Bertz CT molecular complexity index is 1170. The predicted octanol–water partition coefficient (Wildman–Crippen LogP) is 5.46. The molecule has 3 aromatic carbocycles. The second kappa shape index (κ2) is 9.09. The topological polar surface area (TPSA) is 76.1 Å². The molecule has 6 nitrogen and oxygen atoms in total. The van der Waals surface area contributed by atoms with Crippen LogP contribution in [0.2, 0.25) is 0 Å². The van der Waals surface area contributed by atoms with Gasteiger partial charge in [-0.05, 0) is 61.5 Å². The minimum atomic E-state index is -0.199. The fraction of sp³-hybridized carbons (Fsp3) is 0.0800. The normalized spacial score (nSPS) is 10.4. The standard InChI is InChI=1S/C25H22N4O2/c1-17-6-8-18(9-7-17)23-14-15-24(29-28-23)26-21-5-3-4-19(16-21)25(30)27-20-10-12-22(31-2)13-11-20/h3-16H,1-2H3,(H,26,29)(H,27,30). The molecule has 0 aliphatic heterocycles. The lowest BCUT2D eigenvalue weighted by Crippen LogP contribution is -2.12. The third kappa shape index (κ3) is 5.05. The molecule has 0 fully saturated rings. The summed E-state index contributed by atoms with van der Waals surface area (Å²) in [5.41, 5.74) is 5.00. The van der Waals surface area contributed by atoms with Gasteiger partial charge >= 0.3 is 0 Å². The molecule has 2 N–H and O–H groups in total. The second-order valence-electron chi connectivity index (χ2n) is 7.06. The summed E-state index contributed by atoms with van der Waals surface area (Å²) in [7, 11) is 1.60. The number of anilines is 3. The number of carbonyl (C=O) groups excluding carboxylic acids is 1. The van der Waals surface area contributed by atoms with Crippen molar-refractivity contribution in [1.29, 1.82) is 0 Å². The van der Waals surface area contributed by atoms with E-state index in [1.54, 1.807) is 43.5 Å². The number of ether oxygens (including phenoxy) is 1. The summed E-state index contributed by atoms with van der Waals surface area (Å²) in [5, 5.41) is 14.6. The van der Waals surface area contributed by atoms with Crippen molar-refractivity contribution in [2.45, 2.75) is 6.92 Å². The molecular formula is C25H22N4O2. The maximum Gasteiger partial charge on any atom is 0.255 e. The van der Waals surface area contributed by atoms with E-state index in [4.69, 9.17) is 4.74 Å². The highest BCUT2D eigenvalue weighted by Gasteiger charge is 2.08. The number of nitrogens with zero attached hydrogens (tertiary/aromatic N) is 2. The number of hydrogen-bond acceptors (Lipinski definition) is 5. The van der Waals surface area contributed by atoms with E-state index < -0.39 is 0 Å². The average Bonchev–Trinajstić information content (AvgIpc) is 2.81. The van der Waals surface area contributed by atoms with Gasteiger partial charge in [0.15, 0.2) is 5.82 Å². The quantitative estimate of drug-likeness (QED) is 0.442. The first-order chi connectivity index (χ1) is 15.1. The van der Waals surface area contributed by atoms with Gasteiger partial charge < -0.3 is 15.4 Å². The Kier molecular flexibility index (Phi) is 5.89. The average molecular weight is 410 g/mol. The van der Waals surface area contributed by atoms with Crippen molar-refractivity contribution in [3.63, 3.8) is 0 Å². The van der Waals surface area contributed by atoms with E-state index in [-0.39, 0.29) is 5.91 Å². The fourth-order valence-electron chi connectivity index (χ4n) is 3.04. The maximum absolute atomic E-state index is 12.6. The zero-order chi connectivity index (χ0) is 21.6. The molecule has 31 heavy (non-hydrogen) atoms. The molecule has 0 saturated carbocycles. The minimum absolute atomic E-state index is 0.199. The number of rotatable bonds is 6. The highest BCUT2D eigenvalue weighted by molar-refractivity contribution is 6.04. The summed E-state index contributed by atoms with van der Waals surface area (Å²) < 4.78 is 5.14. The lowest BCUT2D eigenvalue weighted by molar-refractivity contribution is 0.102. The van der Waals surface area contributed by atoms with Crippen molar-refractivity contribution in [3.05, 3.63) is 96.1 Å². The van der Waals surface area contributed by atoms with E-state index in [0.29, 0.717) is 17.1 Å². The van der Waals surface area contributed by atoms with Crippen LogP contribution in [0.5, 0.6) is 5.75 Å². The smallest absolute Gasteiger partial charge is 0.255 e. The number of aromatic nitrogens is 2. The van der Waals surface area contributed by atoms with E-state index in [1.165, 1.54) is 5.56 Å². The van der Waals surface area contributed by atoms with Crippen LogP contribution >= 0.6 is 0 Å². The van der Waals surface area contributed by atoms with Crippen LogP contribution in [-0.2, 0) is 0 Å². The Morgan fingerprint density at radius 1 is 0.839 bits per heavy atom. The maximum atomic E-state index is 12.6. The Hall–Kier alpha value is -4.19. The summed E-state index contributed by atoms with van der Waals surface area (Å²) in [5.74, 6) is 1.14. The van der Waals surface area contributed by atoms with Gasteiger partial charge in [0.05, 0.1) is 12.8 Å². The molecular weight excluding hydrogens is 388 g/mol. The molecule has 1 heterocycles.